The highest BCUT2D eigenvalue weighted by molar-refractivity contribution is 5.78. The first-order chi connectivity index (χ1) is 10.9. The SMILES string of the molecule is Cc1ccc(OCC(=O)N[C@@H]2CCC[C@@H](C)[C@@H]2C)c([N+](=O)[O-])c1. The van der Waals surface area contributed by atoms with Crippen molar-refractivity contribution in [2.45, 2.75) is 46.1 Å². The number of nitro benzene ring substituents is 1. The van der Waals surface area contributed by atoms with Crippen LogP contribution in [0.4, 0.5) is 5.69 Å². The molecule has 0 aliphatic heterocycles. The molecule has 2 rings (SSSR count). The summed E-state index contributed by atoms with van der Waals surface area (Å²) in [6.07, 6.45) is 3.28. The van der Waals surface area contributed by atoms with Gasteiger partial charge in [0.2, 0.25) is 0 Å². The molecule has 1 amide bonds. The van der Waals surface area contributed by atoms with Gasteiger partial charge in [0.15, 0.2) is 12.4 Å². The number of aryl methyl sites for hydroxylation is 1. The van der Waals surface area contributed by atoms with Gasteiger partial charge in [-0.3, -0.25) is 14.9 Å². The van der Waals surface area contributed by atoms with Crippen molar-refractivity contribution in [3.8, 4) is 5.75 Å². The fourth-order valence-corrected chi connectivity index (χ4v) is 3.07. The molecule has 0 aromatic heterocycles. The van der Waals surface area contributed by atoms with Gasteiger partial charge in [0.25, 0.3) is 5.91 Å². The van der Waals surface area contributed by atoms with E-state index < -0.39 is 4.92 Å². The second kappa shape index (κ2) is 7.44. The van der Waals surface area contributed by atoms with Crippen molar-refractivity contribution in [3.05, 3.63) is 33.9 Å². The zero-order valence-electron chi connectivity index (χ0n) is 13.9. The lowest BCUT2D eigenvalue weighted by Crippen LogP contribution is -2.45. The third-order valence-electron chi connectivity index (χ3n) is 4.72. The lowest BCUT2D eigenvalue weighted by Gasteiger charge is -2.34. The monoisotopic (exact) mass is 320 g/mol. The van der Waals surface area contributed by atoms with E-state index in [9.17, 15) is 14.9 Å². The maximum Gasteiger partial charge on any atom is 0.311 e. The van der Waals surface area contributed by atoms with Crippen molar-refractivity contribution >= 4 is 11.6 Å². The molecule has 6 nitrogen and oxygen atoms in total. The minimum absolute atomic E-state index is 0.113. The van der Waals surface area contributed by atoms with Crippen LogP contribution in [0.5, 0.6) is 5.75 Å². The summed E-state index contributed by atoms with van der Waals surface area (Å²) in [5.41, 5.74) is 0.663. The summed E-state index contributed by atoms with van der Waals surface area (Å²) < 4.78 is 5.37. The van der Waals surface area contributed by atoms with E-state index in [0.29, 0.717) is 11.8 Å². The number of nitrogens with zero attached hydrogens (tertiary/aromatic N) is 1. The van der Waals surface area contributed by atoms with E-state index in [4.69, 9.17) is 4.74 Å². The van der Waals surface area contributed by atoms with Crippen molar-refractivity contribution in [1.29, 1.82) is 0 Å². The highest BCUT2D eigenvalue weighted by Crippen LogP contribution is 2.30. The maximum absolute atomic E-state index is 12.1. The summed E-state index contributed by atoms with van der Waals surface area (Å²) in [4.78, 5) is 22.6. The predicted octanol–water partition coefficient (Wildman–Crippen LogP) is 3.22. The third-order valence-corrected chi connectivity index (χ3v) is 4.72. The first-order valence-electron chi connectivity index (χ1n) is 8.05. The van der Waals surface area contributed by atoms with E-state index in [0.717, 1.165) is 18.4 Å². The van der Waals surface area contributed by atoms with Crippen LogP contribution < -0.4 is 10.1 Å². The zero-order valence-corrected chi connectivity index (χ0v) is 13.9. The molecule has 0 heterocycles. The second-order valence-electron chi connectivity index (χ2n) is 6.46. The molecular weight excluding hydrogens is 296 g/mol. The smallest absolute Gasteiger partial charge is 0.311 e. The highest BCUT2D eigenvalue weighted by Gasteiger charge is 2.28. The molecule has 1 aliphatic carbocycles. The first-order valence-corrected chi connectivity index (χ1v) is 8.05. The van der Waals surface area contributed by atoms with E-state index in [1.165, 1.54) is 18.6 Å². The van der Waals surface area contributed by atoms with Gasteiger partial charge in [-0.05, 0) is 36.8 Å². The van der Waals surface area contributed by atoms with Gasteiger partial charge in [0, 0.05) is 12.1 Å². The molecule has 1 aromatic rings. The number of carbonyl (C=O) groups is 1. The fourth-order valence-electron chi connectivity index (χ4n) is 3.07. The van der Waals surface area contributed by atoms with Gasteiger partial charge in [-0.25, -0.2) is 0 Å². The summed E-state index contributed by atoms with van der Waals surface area (Å²) in [6, 6.07) is 4.86. The number of carbonyl (C=O) groups excluding carboxylic acids is 1. The van der Waals surface area contributed by atoms with E-state index >= 15 is 0 Å². The van der Waals surface area contributed by atoms with Crippen LogP contribution in [0.15, 0.2) is 18.2 Å². The van der Waals surface area contributed by atoms with Crippen LogP contribution in [0.25, 0.3) is 0 Å². The minimum Gasteiger partial charge on any atom is -0.477 e. The van der Waals surface area contributed by atoms with Crippen molar-refractivity contribution in [2.75, 3.05) is 6.61 Å². The number of ether oxygens (including phenoxy) is 1. The Hall–Kier alpha value is -2.11. The lowest BCUT2D eigenvalue weighted by molar-refractivity contribution is -0.385. The fraction of sp³-hybridized carbons (Fsp3) is 0.588. The number of hydrogen-bond donors (Lipinski definition) is 1. The summed E-state index contributed by atoms with van der Waals surface area (Å²) >= 11 is 0. The Morgan fingerprint density at radius 2 is 2.13 bits per heavy atom. The molecular formula is C17H24N2O4. The van der Waals surface area contributed by atoms with Gasteiger partial charge < -0.3 is 10.1 Å². The quantitative estimate of drug-likeness (QED) is 0.667. The number of nitro groups is 1. The van der Waals surface area contributed by atoms with Crippen molar-refractivity contribution in [2.24, 2.45) is 11.8 Å². The van der Waals surface area contributed by atoms with Gasteiger partial charge in [-0.1, -0.05) is 32.8 Å². The molecule has 0 spiro atoms. The van der Waals surface area contributed by atoms with Gasteiger partial charge in [0.05, 0.1) is 4.92 Å². The Morgan fingerprint density at radius 1 is 1.39 bits per heavy atom. The lowest BCUT2D eigenvalue weighted by atomic mass is 9.78. The Labute approximate surface area is 136 Å². The molecule has 23 heavy (non-hydrogen) atoms. The van der Waals surface area contributed by atoms with Crippen LogP contribution in [0.1, 0.15) is 38.7 Å². The summed E-state index contributed by atoms with van der Waals surface area (Å²) in [5.74, 6) is 0.918. The average molecular weight is 320 g/mol. The Kier molecular flexibility index (Phi) is 5.58. The summed E-state index contributed by atoms with van der Waals surface area (Å²) in [7, 11) is 0. The molecule has 1 N–H and O–H groups in total. The number of hydrogen-bond acceptors (Lipinski definition) is 4. The average Bonchev–Trinajstić information content (AvgIpc) is 2.50. The topological polar surface area (TPSA) is 81.5 Å². The number of nitrogens with one attached hydrogen (secondary N) is 1. The molecule has 0 radical (unpaired) electrons. The second-order valence-corrected chi connectivity index (χ2v) is 6.46. The third kappa shape index (κ3) is 4.43. The summed E-state index contributed by atoms with van der Waals surface area (Å²) in [5, 5.41) is 14.0. The van der Waals surface area contributed by atoms with Crippen LogP contribution in [-0.2, 0) is 4.79 Å². The van der Waals surface area contributed by atoms with Gasteiger partial charge in [-0.2, -0.15) is 0 Å². The van der Waals surface area contributed by atoms with E-state index in [1.807, 2.05) is 0 Å². The molecule has 126 valence electrons. The molecule has 1 aromatic carbocycles. The van der Waals surface area contributed by atoms with Gasteiger partial charge in [-0.15, -0.1) is 0 Å². The number of benzene rings is 1. The molecule has 3 atom stereocenters. The number of amides is 1. The molecule has 1 fully saturated rings. The van der Waals surface area contributed by atoms with Gasteiger partial charge >= 0.3 is 5.69 Å². The van der Waals surface area contributed by atoms with Crippen LogP contribution >= 0.6 is 0 Å². The van der Waals surface area contributed by atoms with E-state index in [1.54, 1.807) is 13.0 Å². The highest BCUT2D eigenvalue weighted by atomic mass is 16.6. The molecule has 6 heteroatoms. The number of rotatable bonds is 5. The molecule has 0 unspecified atom stereocenters. The molecule has 0 bridgehead atoms. The summed E-state index contributed by atoms with van der Waals surface area (Å²) in [6.45, 7) is 5.92. The Bertz CT molecular complexity index is 588. The van der Waals surface area contributed by atoms with Crippen molar-refractivity contribution in [1.82, 2.24) is 5.32 Å². The standard InChI is InChI=1S/C17H24N2O4/c1-11-7-8-16(15(9-11)19(21)22)23-10-17(20)18-14-6-4-5-12(2)13(14)3/h7-9,12-14H,4-6,10H2,1-3H3,(H,18,20)/t12-,13+,14-/m1/s1. The minimum atomic E-state index is -0.495. The van der Waals surface area contributed by atoms with Crippen LogP contribution in [0.2, 0.25) is 0 Å². The van der Waals surface area contributed by atoms with Gasteiger partial charge in [0.1, 0.15) is 0 Å². The maximum atomic E-state index is 12.1. The van der Waals surface area contributed by atoms with E-state index in [-0.39, 0.29) is 30.0 Å². The zero-order chi connectivity index (χ0) is 17.0. The Balaban J connectivity index is 1.93. The van der Waals surface area contributed by atoms with Crippen LogP contribution in [-0.4, -0.2) is 23.5 Å². The van der Waals surface area contributed by atoms with E-state index in [2.05, 4.69) is 19.2 Å². The van der Waals surface area contributed by atoms with Crippen molar-refractivity contribution in [3.63, 3.8) is 0 Å². The first kappa shape index (κ1) is 17.2. The largest absolute Gasteiger partial charge is 0.477 e. The molecule has 1 aliphatic rings. The molecule has 1 saturated carbocycles. The molecule has 0 saturated heterocycles. The van der Waals surface area contributed by atoms with Crippen molar-refractivity contribution < 1.29 is 14.5 Å². The normalized spacial score (nSPS) is 24.0. The van der Waals surface area contributed by atoms with Crippen LogP contribution in [0, 0.1) is 28.9 Å². The predicted molar refractivity (Wildman–Crippen MR) is 87.4 cm³/mol. The Morgan fingerprint density at radius 3 is 2.83 bits per heavy atom. The van der Waals surface area contributed by atoms with Crippen LogP contribution in [0.3, 0.4) is 0 Å².